The molecule has 0 radical (unpaired) electrons. The normalized spacial score (nSPS) is 12.3. The van der Waals surface area contributed by atoms with Crippen LogP contribution >= 0.6 is 0 Å². The Morgan fingerprint density at radius 2 is 2.06 bits per heavy atom. The number of pyridine rings is 1. The van der Waals surface area contributed by atoms with Gasteiger partial charge in [-0.05, 0) is 49.2 Å². The van der Waals surface area contributed by atoms with E-state index >= 15 is 0 Å². The molecule has 0 aliphatic heterocycles. The first-order chi connectivity index (χ1) is 15.2. The van der Waals surface area contributed by atoms with E-state index in [1.54, 1.807) is 18.6 Å². The minimum absolute atomic E-state index is 0.269. The zero-order valence-electron chi connectivity index (χ0n) is 18.0. The lowest BCUT2D eigenvalue weighted by atomic mass is 10.0. The van der Waals surface area contributed by atoms with Crippen LogP contribution in [0.3, 0.4) is 0 Å². The van der Waals surface area contributed by atoms with Crippen LogP contribution < -0.4 is 5.73 Å². The third-order valence-corrected chi connectivity index (χ3v) is 5.04. The fourth-order valence-electron chi connectivity index (χ4n) is 3.51. The molecule has 0 bridgehead atoms. The quantitative estimate of drug-likeness (QED) is 0.367. The first-order valence-corrected chi connectivity index (χ1v) is 10.4. The SMILES string of the molecule is C/C=C(\C=C/C/C=C/n1ncc(-c2ccnc3ccccc23)c1N=O)N(CC)CCN. The van der Waals surface area contributed by atoms with Crippen molar-refractivity contribution < 1.29 is 0 Å². The fourth-order valence-corrected chi connectivity index (χ4v) is 3.51. The van der Waals surface area contributed by atoms with Gasteiger partial charge in [-0.3, -0.25) is 4.98 Å². The highest BCUT2D eigenvalue weighted by Crippen LogP contribution is 2.34. The van der Waals surface area contributed by atoms with Gasteiger partial charge in [0.15, 0.2) is 0 Å². The van der Waals surface area contributed by atoms with Crippen molar-refractivity contribution in [3.05, 3.63) is 77.6 Å². The number of benzene rings is 1. The van der Waals surface area contributed by atoms with E-state index in [2.05, 4.69) is 45.3 Å². The van der Waals surface area contributed by atoms with Gasteiger partial charge >= 0.3 is 0 Å². The summed E-state index contributed by atoms with van der Waals surface area (Å²) in [6.07, 6.45) is 14.0. The maximum atomic E-state index is 11.6. The summed E-state index contributed by atoms with van der Waals surface area (Å²) in [6, 6.07) is 9.68. The van der Waals surface area contributed by atoms with Crippen LogP contribution in [0.5, 0.6) is 0 Å². The number of aromatic nitrogens is 3. The molecule has 3 aromatic rings. The van der Waals surface area contributed by atoms with Gasteiger partial charge in [-0.25, -0.2) is 4.68 Å². The molecule has 0 unspecified atom stereocenters. The molecular weight excluding hydrogens is 388 g/mol. The second-order valence-corrected chi connectivity index (χ2v) is 6.90. The molecule has 3 rings (SSSR count). The summed E-state index contributed by atoms with van der Waals surface area (Å²) in [6.45, 7) is 6.48. The summed E-state index contributed by atoms with van der Waals surface area (Å²) in [4.78, 5) is 18.2. The van der Waals surface area contributed by atoms with Gasteiger partial charge < -0.3 is 10.6 Å². The lowest BCUT2D eigenvalue weighted by molar-refractivity contribution is 0.382. The molecule has 0 saturated carbocycles. The minimum atomic E-state index is 0.269. The minimum Gasteiger partial charge on any atom is -0.371 e. The van der Waals surface area contributed by atoms with Gasteiger partial charge in [-0.1, -0.05) is 36.4 Å². The summed E-state index contributed by atoms with van der Waals surface area (Å²) in [7, 11) is 0. The highest BCUT2D eigenvalue weighted by molar-refractivity contribution is 5.96. The van der Waals surface area contributed by atoms with Crippen molar-refractivity contribution in [2.24, 2.45) is 10.9 Å². The summed E-state index contributed by atoms with van der Waals surface area (Å²) in [5.41, 5.74) is 9.26. The molecule has 0 saturated heterocycles. The standard InChI is InChI=1S/C24H28N6O/c1-3-19(29(4-2)17-14-25)10-6-5-9-16-30-24(28-31)22(18-27-30)20-13-15-26-23-12-8-7-11-21(20)23/h3,6-13,15-16,18H,4-5,14,17,25H2,1-2H3/b10-6-,16-9+,19-3+. The van der Waals surface area contributed by atoms with E-state index in [0.29, 0.717) is 18.5 Å². The second-order valence-electron chi connectivity index (χ2n) is 6.90. The first-order valence-electron chi connectivity index (χ1n) is 10.4. The van der Waals surface area contributed by atoms with Crippen LogP contribution in [0, 0.1) is 4.91 Å². The molecule has 0 spiro atoms. The Morgan fingerprint density at radius 3 is 2.81 bits per heavy atom. The van der Waals surface area contributed by atoms with Crippen molar-refractivity contribution >= 4 is 22.9 Å². The monoisotopic (exact) mass is 416 g/mol. The van der Waals surface area contributed by atoms with E-state index in [1.807, 2.05) is 43.3 Å². The van der Waals surface area contributed by atoms with Crippen LogP contribution in [-0.4, -0.2) is 39.3 Å². The number of nitrogens with two attached hydrogens (primary N) is 1. The number of nitrogens with zero attached hydrogens (tertiary/aromatic N) is 5. The van der Waals surface area contributed by atoms with E-state index in [-0.39, 0.29) is 5.82 Å². The van der Waals surface area contributed by atoms with E-state index in [1.165, 1.54) is 4.68 Å². The van der Waals surface area contributed by atoms with Gasteiger partial charge in [0.25, 0.3) is 0 Å². The zero-order chi connectivity index (χ0) is 22.1. The Hall–Kier alpha value is -3.58. The highest BCUT2D eigenvalue weighted by atomic mass is 16.3. The second kappa shape index (κ2) is 11.0. The van der Waals surface area contributed by atoms with Crippen LogP contribution in [0.2, 0.25) is 0 Å². The number of likely N-dealkylation sites (N-methyl/N-ethyl adjacent to an activating group) is 1. The molecule has 7 nitrogen and oxygen atoms in total. The third-order valence-electron chi connectivity index (χ3n) is 5.04. The molecule has 1 aromatic carbocycles. The average molecular weight is 417 g/mol. The summed E-state index contributed by atoms with van der Waals surface area (Å²) < 4.78 is 1.51. The zero-order valence-corrected chi connectivity index (χ0v) is 18.0. The van der Waals surface area contributed by atoms with Crippen molar-refractivity contribution in [2.75, 3.05) is 19.6 Å². The van der Waals surface area contributed by atoms with Crippen LogP contribution in [0.1, 0.15) is 20.3 Å². The van der Waals surface area contributed by atoms with Crippen molar-refractivity contribution in [1.82, 2.24) is 19.7 Å². The Kier molecular flexibility index (Phi) is 7.84. The predicted octanol–water partition coefficient (Wildman–Crippen LogP) is 5.10. The fraction of sp³-hybridized carbons (Fsp3) is 0.250. The molecule has 160 valence electrons. The van der Waals surface area contributed by atoms with Gasteiger partial charge in [0, 0.05) is 43.1 Å². The van der Waals surface area contributed by atoms with Crippen molar-refractivity contribution in [3.8, 4) is 11.1 Å². The van der Waals surface area contributed by atoms with Crippen molar-refractivity contribution in [2.45, 2.75) is 20.3 Å². The summed E-state index contributed by atoms with van der Waals surface area (Å²) >= 11 is 0. The molecule has 0 aliphatic rings. The molecule has 0 amide bonds. The van der Waals surface area contributed by atoms with E-state index in [9.17, 15) is 4.91 Å². The molecule has 2 aromatic heterocycles. The number of allylic oxidation sites excluding steroid dienone is 4. The molecule has 0 aliphatic carbocycles. The molecule has 0 atom stereocenters. The van der Waals surface area contributed by atoms with Crippen molar-refractivity contribution in [3.63, 3.8) is 0 Å². The number of hydrogen-bond acceptors (Lipinski definition) is 6. The lowest BCUT2D eigenvalue weighted by Gasteiger charge is -2.23. The van der Waals surface area contributed by atoms with Gasteiger partial charge in [0.2, 0.25) is 5.82 Å². The van der Waals surface area contributed by atoms with Crippen LogP contribution in [0.15, 0.2) is 77.9 Å². The largest absolute Gasteiger partial charge is 0.371 e. The van der Waals surface area contributed by atoms with Gasteiger partial charge in [-0.15, -0.1) is 4.91 Å². The average Bonchev–Trinajstić information content (AvgIpc) is 3.22. The van der Waals surface area contributed by atoms with Crippen LogP contribution in [-0.2, 0) is 0 Å². The topological polar surface area (TPSA) is 89.4 Å². The van der Waals surface area contributed by atoms with E-state index in [4.69, 9.17) is 5.73 Å². The van der Waals surface area contributed by atoms with Gasteiger partial charge in [0.1, 0.15) is 0 Å². The molecular formula is C24H28N6O. The number of para-hydroxylation sites is 1. The first kappa shape index (κ1) is 22.1. The Morgan fingerprint density at radius 1 is 1.23 bits per heavy atom. The number of rotatable bonds is 10. The van der Waals surface area contributed by atoms with Crippen LogP contribution in [0.4, 0.5) is 5.82 Å². The highest BCUT2D eigenvalue weighted by Gasteiger charge is 2.14. The molecule has 2 heterocycles. The predicted molar refractivity (Wildman–Crippen MR) is 128 cm³/mol. The maximum absolute atomic E-state index is 11.6. The van der Waals surface area contributed by atoms with Gasteiger partial charge in [-0.2, -0.15) is 5.10 Å². The Bertz CT molecular complexity index is 1110. The van der Waals surface area contributed by atoms with Crippen LogP contribution in [0.25, 0.3) is 28.2 Å². The Balaban J connectivity index is 1.77. The Labute approximate surface area is 182 Å². The lowest BCUT2D eigenvalue weighted by Crippen LogP contribution is -2.28. The summed E-state index contributed by atoms with van der Waals surface area (Å²) in [5, 5.41) is 8.54. The number of hydrogen-bond donors (Lipinski definition) is 1. The third kappa shape index (κ3) is 5.13. The van der Waals surface area contributed by atoms with Crippen molar-refractivity contribution in [1.29, 1.82) is 0 Å². The number of nitroso groups, excluding NO2 is 1. The molecule has 31 heavy (non-hydrogen) atoms. The smallest absolute Gasteiger partial charge is 0.207 e. The maximum Gasteiger partial charge on any atom is 0.207 e. The number of fused-ring (bicyclic) bond motifs is 1. The molecule has 2 N–H and O–H groups in total. The van der Waals surface area contributed by atoms with E-state index in [0.717, 1.165) is 35.3 Å². The molecule has 0 fully saturated rings. The van der Waals surface area contributed by atoms with E-state index < -0.39 is 0 Å². The molecule has 7 heteroatoms. The van der Waals surface area contributed by atoms with Gasteiger partial charge in [0.05, 0.1) is 17.3 Å². The summed E-state index contributed by atoms with van der Waals surface area (Å²) in [5.74, 6) is 0.269.